The number of pyridine rings is 1. The summed E-state index contributed by atoms with van der Waals surface area (Å²) >= 11 is 12.7. The van der Waals surface area contributed by atoms with Gasteiger partial charge in [0.05, 0.1) is 21.8 Å². The smallest absolute Gasteiger partial charge is 0.254 e. The van der Waals surface area contributed by atoms with E-state index in [0.717, 1.165) is 41.7 Å². The maximum atomic E-state index is 13.9. The van der Waals surface area contributed by atoms with Crippen LogP contribution in [0.5, 0.6) is 0 Å². The van der Waals surface area contributed by atoms with E-state index < -0.39 is 0 Å². The molecule has 1 aromatic heterocycles. The first-order valence-corrected chi connectivity index (χ1v) is 12.8. The van der Waals surface area contributed by atoms with Crippen LogP contribution in [0.1, 0.15) is 21.5 Å². The van der Waals surface area contributed by atoms with Crippen molar-refractivity contribution in [3.05, 3.63) is 106 Å². The second-order valence-corrected chi connectivity index (χ2v) is 9.85. The third-order valence-corrected chi connectivity index (χ3v) is 7.22. The Balaban J connectivity index is 1.38. The van der Waals surface area contributed by atoms with Crippen molar-refractivity contribution in [1.29, 1.82) is 0 Å². The lowest BCUT2D eigenvalue weighted by molar-refractivity contribution is 0.0651. The molecule has 0 spiro atoms. The summed E-state index contributed by atoms with van der Waals surface area (Å²) in [6, 6.07) is 23.5. The monoisotopic (exact) mass is 515 g/mol. The lowest BCUT2D eigenvalue weighted by Gasteiger charge is -2.34. The molecule has 0 bridgehead atoms. The Labute approximate surface area is 221 Å². The molecule has 1 aliphatic rings. The van der Waals surface area contributed by atoms with Crippen LogP contribution >= 0.6 is 23.2 Å². The fraction of sp³-hybridized carbons (Fsp3) is 0.200. The zero-order valence-electron chi connectivity index (χ0n) is 20.1. The maximum Gasteiger partial charge on any atom is 0.254 e. The van der Waals surface area contributed by atoms with E-state index >= 15 is 0 Å². The average Bonchev–Trinajstić information content (AvgIpc) is 2.89. The molecule has 4 nitrogen and oxygen atoms in total. The molecule has 0 saturated carbocycles. The summed E-state index contributed by atoms with van der Waals surface area (Å²) in [6.45, 7) is 5.87. The number of hydrogen-bond donors (Lipinski definition) is 0. The van der Waals surface area contributed by atoms with Gasteiger partial charge in [0, 0.05) is 48.7 Å². The van der Waals surface area contributed by atoms with Crippen molar-refractivity contribution >= 4 is 46.1 Å². The molecule has 1 amide bonds. The number of rotatable bonds is 5. The lowest BCUT2D eigenvalue weighted by atomic mass is 9.96. The van der Waals surface area contributed by atoms with Gasteiger partial charge in [0.25, 0.3) is 5.91 Å². The molecule has 36 heavy (non-hydrogen) atoms. The molecule has 6 heteroatoms. The number of carbonyl (C=O) groups excluding carboxylic acids is 1. The van der Waals surface area contributed by atoms with Crippen LogP contribution in [0.15, 0.2) is 78.9 Å². The zero-order valence-corrected chi connectivity index (χ0v) is 21.6. The van der Waals surface area contributed by atoms with E-state index in [1.807, 2.05) is 60.4 Å². The van der Waals surface area contributed by atoms with Crippen molar-refractivity contribution in [2.24, 2.45) is 0 Å². The van der Waals surface area contributed by atoms with Crippen molar-refractivity contribution in [2.45, 2.75) is 6.92 Å². The predicted octanol–water partition coefficient (Wildman–Crippen LogP) is 6.99. The van der Waals surface area contributed by atoms with Crippen molar-refractivity contribution in [1.82, 2.24) is 14.8 Å². The minimum Gasteiger partial charge on any atom is -0.336 e. The minimum absolute atomic E-state index is 0.0388. The SMILES string of the molecule is Cc1c(-c2ccc(Cl)cc2Cl)nc2ccccc2c1C(=O)N1CCN(CC=Cc2ccccc2)CC1. The molecule has 0 aliphatic carbocycles. The van der Waals surface area contributed by atoms with Crippen molar-refractivity contribution in [3.8, 4) is 11.3 Å². The van der Waals surface area contributed by atoms with Gasteiger partial charge in [-0.05, 0) is 42.3 Å². The molecule has 2 heterocycles. The van der Waals surface area contributed by atoms with Gasteiger partial charge in [-0.2, -0.15) is 0 Å². The second-order valence-electron chi connectivity index (χ2n) is 9.01. The summed E-state index contributed by atoms with van der Waals surface area (Å²) in [5.74, 6) is 0.0388. The van der Waals surface area contributed by atoms with E-state index in [9.17, 15) is 4.79 Å². The Bertz CT molecular complexity index is 1430. The zero-order chi connectivity index (χ0) is 25.1. The minimum atomic E-state index is 0.0388. The van der Waals surface area contributed by atoms with Gasteiger partial charge in [-0.1, -0.05) is 83.9 Å². The van der Waals surface area contributed by atoms with Gasteiger partial charge >= 0.3 is 0 Å². The van der Waals surface area contributed by atoms with Crippen LogP contribution in [-0.2, 0) is 0 Å². The van der Waals surface area contributed by atoms with E-state index in [1.54, 1.807) is 12.1 Å². The third-order valence-electron chi connectivity index (χ3n) is 6.67. The molecule has 0 unspecified atom stereocenters. The number of halogens is 2. The summed E-state index contributed by atoms with van der Waals surface area (Å²) in [6.07, 6.45) is 4.34. The van der Waals surface area contributed by atoms with Crippen molar-refractivity contribution in [2.75, 3.05) is 32.7 Å². The Morgan fingerprint density at radius 2 is 1.67 bits per heavy atom. The van der Waals surface area contributed by atoms with Gasteiger partial charge in [0.1, 0.15) is 0 Å². The third kappa shape index (κ3) is 5.17. The number of fused-ring (bicyclic) bond motifs is 1. The average molecular weight is 516 g/mol. The highest BCUT2D eigenvalue weighted by atomic mass is 35.5. The first kappa shape index (κ1) is 24.5. The lowest BCUT2D eigenvalue weighted by Crippen LogP contribution is -2.48. The molecule has 182 valence electrons. The highest BCUT2D eigenvalue weighted by Gasteiger charge is 2.26. The summed E-state index contributed by atoms with van der Waals surface area (Å²) in [5.41, 5.74) is 4.98. The standard InChI is InChI=1S/C30H27Cl2N3O/c1-21-28(25-11-5-6-12-27(25)33-29(21)24-14-13-23(31)20-26(24)32)30(36)35-18-16-34(17-19-35)15-7-10-22-8-3-2-4-9-22/h2-14,20H,15-19H2,1H3. The van der Waals surface area contributed by atoms with E-state index in [-0.39, 0.29) is 5.91 Å². The Morgan fingerprint density at radius 3 is 2.42 bits per heavy atom. The summed E-state index contributed by atoms with van der Waals surface area (Å²) in [5, 5.41) is 1.95. The number of aromatic nitrogens is 1. The van der Waals surface area contributed by atoms with Gasteiger partial charge in [-0.3, -0.25) is 9.69 Å². The molecule has 3 aromatic carbocycles. The quantitative estimate of drug-likeness (QED) is 0.287. The van der Waals surface area contributed by atoms with E-state index in [2.05, 4.69) is 29.2 Å². The molecule has 4 aromatic rings. The molecule has 1 saturated heterocycles. The Hall–Kier alpha value is -3.18. The van der Waals surface area contributed by atoms with Crippen molar-refractivity contribution < 1.29 is 4.79 Å². The van der Waals surface area contributed by atoms with Gasteiger partial charge in [-0.15, -0.1) is 0 Å². The summed E-state index contributed by atoms with van der Waals surface area (Å²) < 4.78 is 0. The normalized spacial score (nSPS) is 14.6. The van der Waals surface area contributed by atoms with Crippen LogP contribution in [0.2, 0.25) is 10.0 Å². The van der Waals surface area contributed by atoms with Crippen LogP contribution in [0.4, 0.5) is 0 Å². The number of carbonyl (C=O) groups is 1. The Morgan fingerprint density at radius 1 is 0.944 bits per heavy atom. The molecule has 5 rings (SSSR count). The molecule has 0 N–H and O–H groups in total. The van der Waals surface area contributed by atoms with Gasteiger partial charge < -0.3 is 4.90 Å². The fourth-order valence-corrected chi connectivity index (χ4v) is 5.22. The fourth-order valence-electron chi connectivity index (χ4n) is 4.72. The second kappa shape index (κ2) is 10.8. The first-order chi connectivity index (χ1) is 17.5. The molecule has 1 fully saturated rings. The number of piperazine rings is 1. The van der Waals surface area contributed by atoms with Crippen molar-refractivity contribution in [3.63, 3.8) is 0 Å². The van der Waals surface area contributed by atoms with E-state index in [1.165, 1.54) is 5.56 Å². The Kier molecular flexibility index (Phi) is 7.38. The highest BCUT2D eigenvalue weighted by Crippen LogP contribution is 2.35. The molecular weight excluding hydrogens is 489 g/mol. The molecule has 0 radical (unpaired) electrons. The summed E-state index contributed by atoms with van der Waals surface area (Å²) in [4.78, 5) is 23.1. The van der Waals surface area contributed by atoms with E-state index in [4.69, 9.17) is 28.2 Å². The number of nitrogens with zero attached hydrogens (tertiary/aromatic N) is 3. The van der Waals surface area contributed by atoms with Crippen LogP contribution in [-0.4, -0.2) is 53.4 Å². The van der Waals surface area contributed by atoms with Gasteiger partial charge in [0.2, 0.25) is 0 Å². The molecule has 0 atom stereocenters. The van der Waals surface area contributed by atoms with Crippen LogP contribution in [0.25, 0.3) is 28.2 Å². The molecule has 1 aliphatic heterocycles. The highest BCUT2D eigenvalue weighted by molar-refractivity contribution is 6.36. The topological polar surface area (TPSA) is 36.4 Å². The van der Waals surface area contributed by atoms with E-state index in [0.29, 0.717) is 34.4 Å². The van der Waals surface area contributed by atoms with Crippen LogP contribution < -0.4 is 0 Å². The number of hydrogen-bond acceptors (Lipinski definition) is 3. The number of amides is 1. The number of para-hydroxylation sites is 1. The van der Waals surface area contributed by atoms with Gasteiger partial charge in [-0.25, -0.2) is 4.98 Å². The predicted molar refractivity (Wildman–Crippen MR) is 150 cm³/mol. The van der Waals surface area contributed by atoms with Crippen LogP contribution in [0.3, 0.4) is 0 Å². The summed E-state index contributed by atoms with van der Waals surface area (Å²) in [7, 11) is 0. The van der Waals surface area contributed by atoms with Crippen LogP contribution in [0, 0.1) is 6.92 Å². The number of benzene rings is 3. The first-order valence-electron chi connectivity index (χ1n) is 12.1. The largest absolute Gasteiger partial charge is 0.336 e. The van der Waals surface area contributed by atoms with Gasteiger partial charge in [0.15, 0.2) is 0 Å². The maximum absolute atomic E-state index is 13.9. The molecular formula is C30H27Cl2N3O.